The average Bonchev–Trinajstić information content (AvgIpc) is 3.94. The van der Waals surface area contributed by atoms with Crippen LogP contribution in [-0.2, 0) is 16.2 Å². The highest BCUT2D eigenvalue weighted by Crippen LogP contribution is 2.68. The monoisotopic (exact) mass is 869 g/mol. The van der Waals surface area contributed by atoms with Crippen molar-refractivity contribution >= 4 is 28.8 Å². The molecule has 0 N–H and O–H groups in total. The first-order valence-electron chi connectivity index (χ1n) is 23.4. The fourth-order valence-corrected chi connectivity index (χ4v) is 15.3. The number of fused-ring (bicyclic) bond motifs is 18. The van der Waals surface area contributed by atoms with Gasteiger partial charge in [0.25, 0.3) is 0 Å². The molecule has 2 unspecified atom stereocenters. The summed E-state index contributed by atoms with van der Waals surface area (Å²) in [5.41, 5.74) is 23.8. The van der Waals surface area contributed by atoms with Crippen molar-refractivity contribution in [2.24, 2.45) is 0 Å². The van der Waals surface area contributed by atoms with E-state index in [1.165, 1.54) is 104 Å². The topological polar surface area (TPSA) is 12.5 Å². The van der Waals surface area contributed by atoms with Gasteiger partial charge in [0.05, 0.1) is 16.5 Å². The van der Waals surface area contributed by atoms with Crippen molar-refractivity contribution in [3.63, 3.8) is 0 Å². The second kappa shape index (κ2) is 12.5. The van der Waals surface area contributed by atoms with Crippen LogP contribution in [0.4, 0.5) is 17.1 Å². The summed E-state index contributed by atoms with van der Waals surface area (Å²) in [6.07, 6.45) is 0. The molecule has 3 aliphatic carbocycles. The van der Waals surface area contributed by atoms with Crippen molar-refractivity contribution in [2.45, 2.75) is 33.0 Å². The summed E-state index contributed by atoms with van der Waals surface area (Å²) in [4.78, 5) is 5.27. The Kier molecular flexibility index (Phi) is 6.80. The number of hydrogen-bond acceptors (Lipinski definition) is 3. The summed E-state index contributed by atoms with van der Waals surface area (Å²) in [7, 11) is 0. The minimum atomic E-state index is -0.593. The molecule has 2 atom stereocenters. The Morgan fingerprint density at radius 3 is 1.57 bits per heavy atom. The fraction of sp³-hybridized carbons (Fsp3) is 0.0625. The van der Waals surface area contributed by atoms with Gasteiger partial charge in [0.1, 0.15) is 11.5 Å². The normalized spacial score (nSPS) is 19.1. The number of benzene rings is 10. The molecule has 3 heteroatoms. The van der Waals surface area contributed by atoms with Crippen LogP contribution < -0.4 is 9.64 Å². The zero-order valence-corrected chi connectivity index (χ0v) is 37.4. The first kappa shape index (κ1) is 36.4. The van der Waals surface area contributed by atoms with Crippen molar-refractivity contribution in [2.75, 3.05) is 4.90 Å². The molecular weight excluding hydrogens is 831 g/mol. The second-order valence-electron chi connectivity index (χ2n) is 19.1. The smallest absolute Gasteiger partial charge is 0.132 e. The van der Waals surface area contributed by atoms with Gasteiger partial charge in [0, 0.05) is 43.3 Å². The molecule has 10 aromatic rings. The molecule has 67 heavy (non-hydrogen) atoms. The van der Waals surface area contributed by atoms with Crippen LogP contribution in [0.15, 0.2) is 228 Å². The Hall–Kier alpha value is -7.85. The van der Waals surface area contributed by atoms with Crippen LogP contribution in [0.5, 0.6) is 11.5 Å². The van der Waals surface area contributed by atoms with Crippen molar-refractivity contribution in [1.82, 2.24) is 0 Å². The van der Waals surface area contributed by atoms with Crippen LogP contribution in [0.25, 0.3) is 33.4 Å². The van der Waals surface area contributed by atoms with Crippen molar-refractivity contribution in [1.29, 1.82) is 0 Å². The largest absolute Gasteiger partial charge is 0.457 e. The predicted octanol–water partition coefficient (Wildman–Crippen LogP) is 16.1. The van der Waals surface area contributed by atoms with E-state index in [-0.39, 0.29) is 0 Å². The minimum absolute atomic E-state index is 0.446. The third-order valence-corrected chi connectivity index (χ3v) is 17.6. The molecule has 0 saturated carbocycles. The highest BCUT2D eigenvalue weighted by molar-refractivity contribution is 7.99. The van der Waals surface area contributed by atoms with Gasteiger partial charge in [0.15, 0.2) is 0 Å². The number of rotatable bonds is 1. The molecule has 2 spiro atoms. The van der Waals surface area contributed by atoms with Crippen molar-refractivity contribution in [3.8, 4) is 44.9 Å². The molecule has 0 amide bonds. The van der Waals surface area contributed by atoms with Crippen LogP contribution in [0.1, 0.15) is 68.1 Å². The van der Waals surface area contributed by atoms with Crippen molar-refractivity contribution in [3.05, 3.63) is 280 Å². The SMILES string of the molecule is CC12c3ccccc3-c3ccc(cc31)N(c1cccc3c1-c1ccccc1C31c3ccccc3Oc3ccccc31)c1ccc3c(c1)C1(c4ccccc4Sc4c2cccc41)c1ccccc1-3. The summed E-state index contributed by atoms with van der Waals surface area (Å²) in [6, 6.07) is 83.0. The summed E-state index contributed by atoms with van der Waals surface area (Å²) in [5, 5.41) is 0. The zero-order valence-electron chi connectivity index (χ0n) is 36.5. The molecule has 0 fully saturated rings. The molecular formula is C64H39NOS. The van der Waals surface area contributed by atoms with E-state index in [0.717, 1.165) is 28.6 Å². The Labute approximate surface area is 393 Å². The average molecular weight is 870 g/mol. The Balaban J connectivity index is 1.07. The molecule has 2 nitrogen and oxygen atoms in total. The Morgan fingerprint density at radius 1 is 0.358 bits per heavy atom. The minimum Gasteiger partial charge on any atom is -0.457 e. The van der Waals surface area contributed by atoms with E-state index in [4.69, 9.17) is 4.74 Å². The first-order chi connectivity index (χ1) is 33.1. The summed E-state index contributed by atoms with van der Waals surface area (Å²) in [5.74, 6) is 1.80. The third kappa shape index (κ3) is 4.15. The molecule has 0 radical (unpaired) electrons. The Bertz CT molecular complexity index is 3840. The lowest BCUT2D eigenvalue weighted by molar-refractivity contribution is 0.436. The van der Waals surface area contributed by atoms with Crippen LogP contribution in [0.3, 0.4) is 0 Å². The van der Waals surface area contributed by atoms with Gasteiger partial charge >= 0.3 is 0 Å². The summed E-state index contributed by atoms with van der Waals surface area (Å²) < 4.78 is 6.76. The summed E-state index contributed by atoms with van der Waals surface area (Å²) in [6.45, 7) is 2.49. The number of nitrogens with zero attached hydrogens (tertiary/aromatic N) is 1. The van der Waals surface area contributed by atoms with Gasteiger partial charge in [-0.25, -0.2) is 0 Å². The molecule has 312 valence electrons. The number of ether oxygens (including phenoxy) is 1. The van der Waals surface area contributed by atoms with Gasteiger partial charge in [0.2, 0.25) is 0 Å². The van der Waals surface area contributed by atoms with E-state index < -0.39 is 16.2 Å². The maximum atomic E-state index is 6.76. The fourth-order valence-electron chi connectivity index (χ4n) is 13.8. The van der Waals surface area contributed by atoms with E-state index in [1.54, 1.807) is 0 Å². The lowest BCUT2D eigenvalue weighted by Gasteiger charge is -2.43. The second-order valence-corrected chi connectivity index (χ2v) is 20.2. The quantitative estimate of drug-likeness (QED) is 0.163. The lowest BCUT2D eigenvalue weighted by Crippen LogP contribution is -2.34. The zero-order chi connectivity index (χ0) is 43.8. The Morgan fingerprint density at radius 2 is 0.836 bits per heavy atom. The maximum Gasteiger partial charge on any atom is 0.132 e. The lowest BCUT2D eigenvalue weighted by atomic mass is 9.65. The predicted molar refractivity (Wildman–Crippen MR) is 271 cm³/mol. The van der Waals surface area contributed by atoms with Gasteiger partial charge in [-0.05, 0) is 133 Å². The summed E-state index contributed by atoms with van der Waals surface area (Å²) >= 11 is 1.96. The standard InChI is InChI=1S/C64H39NOS/c1-62-45-19-5-2-16-40(45)42-34-32-38(36-54(42)62)65(56-28-15-25-51-60(56)44-18-4-7-21-47(44)63(51)48-22-8-11-29-57(48)66-58-30-12-9-23-49(58)63)39-33-35-43-41-17-3-6-20-46(41)64(55(43)37-39)50-24-10-13-31-59(50)67-61-52(62)26-14-27-53(61)64/h2-37H,1H3. The van der Waals surface area contributed by atoms with Crippen LogP contribution in [-0.4, -0.2) is 0 Å². The molecule has 0 aromatic heterocycles. The van der Waals surface area contributed by atoms with E-state index in [2.05, 4.69) is 230 Å². The molecule has 3 aliphatic heterocycles. The molecule has 3 heterocycles. The molecule has 0 saturated heterocycles. The van der Waals surface area contributed by atoms with Gasteiger partial charge < -0.3 is 9.64 Å². The van der Waals surface area contributed by atoms with E-state index >= 15 is 0 Å². The molecule has 6 aliphatic rings. The molecule has 10 aromatic carbocycles. The first-order valence-corrected chi connectivity index (χ1v) is 24.2. The third-order valence-electron chi connectivity index (χ3n) is 16.4. The molecule has 16 rings (SSSR count). The number of anilines is 3. The van der Waals surface area contributed by atoms with Gasteiger partial charge in [-0.1, -0.05) is 182 Å². The van der Waals surface area contributed by atoms with Gasteiger partial charge in [-0.15, -0.1) is 0 Å². The van der Waals surface area contributed by atoms with Crippen LogP contribution in [0, 0.1) is 0 Å². The number of para-hydroxylation sites is 2. The number of hydrogen-bond donors (Lipinski definition) is 0. The highest BCUT2D eigenvalue weighted by Gasteiger charge is 2.55. The maximum absolute atomic E-state index is 6.76. The van der Waals surface area contributed by atoms with Gasteiger partial charge in [-0.3, -0.25) is 0 Å². The van der Waals surface area contributed by atoms with E-state index in [1.807, 2.05) is 11.8 Å². The van der Waals surface area contributed by atoms with Gasteiger partial charge in [-0.2, -0.15) is 0 Å². The van der Waals surface area contributed by atoms with Crippen LogP contribution >= 0.6 is 11.8 Å². The van der Waals surface area contributed by atoms with Crippen molar-refractivity contribution < 1.29 is 4.74 Å². The van der Waals surface area contributed by atoms with E-state index in [9.17, 15) is 0 Å². The highest BCUT2D eigenvalue weighted by atomic mass is 32.2. The van der Waals surface area contributed by atoms with Crippen LogP contribution in [0.2, 0.25) is 0 Å². The van der Waals surface area contributed by atoms with E-state index in [0.29, 0.717) is 0 Å². The molecule has 8 bridgehead atoms.